The van der Waals surface area contributed by atoms with Crippen LogP contribution in [-0.4, -0.2) is 11.0 Å². The summed E-state index contributed by atoms with van der Waals surface area (Å²) in [5, 5.41) is 8.83. The maximum Gasteiger partial charge on any atom is 0.343 e. The van der Waals surface area contributed by atoms with Crippen molar-refractivity contribution in [1.29, 1.82) is 5.26 Å². The van der Waals surface area contributed by atoms with E-state index in [0.29, 0.717) is 33.9 Å². The van der Waals surface area contributed by atoms with Crippen LogP contribution in [0.25, 0.3) is 11.1 Å². The molecule has 2 aromatic carbocycles. The fourth-order valence-corrected chi connectivity index (χ4v) is 1.97. The van der Waals surface area contributed by atoms with E-state index >= 15 is 0 Å². The Labute approximate surface area is 120 Å². The molecule has 1 aromatic heterocycles. The molecule has 0 saturated heterocycles. The van der Waals surface area contributed by atoms with Crippen molar-refractivity contribution in [1.82, 2.24) is 4.98 Å². The van der Waals surface area contributed by atoms with Gasteiger partial charge in [-0.2, -0.15) is 5.26 Å². The lowest BCUT2D eigenvalue weighted by atomic mass is 10.1. The smallest absolute Gasteiger partial charge is 0.343 e. The Hall–Kier alpha value is -3.13. The number of fused-ring (bicyclic) bond motifs is 1. The zero-order valence-electron chi connectivity index (χ0n) is 11.2. The summed E-state index contributed by atoms with van der Waals surface area (Å²) in [6.45, 7) is 1.75. The molecule has 1 heterocycles. The van der Waals surface area contributed by atoms with Gasteiger partial charge in [-0.15, -0.1) is 0 Å². The molecule has 0 fully saturated rings. The number of aryl methyl sites for hydroxylation is 1. The number of oxazole rings is 1. The molecular formula is C16H10N2O3. The molecule has 0 radical (unpaired) electrons. The SMILES string of the molecule is Cc1nc2ccc(OC(=O)c3cccc(C#N)c3)cc2o1. The molecule has 0 spiro atoms. The first-order valence-electron chi connectivity index (χ1n) is 6.25. The van der Waals surface area contributed by atoms with Gasteiger partial charge in [0, 0.05) is 13.0 Å². The van der Waals surface area contributed by atoms with Crippen LogP contribution in [0.2, 0.25) is 0 Å². The van der Waals surface area contributed by atoms with Crippen molar-refractivity contribution in [3.63, 3.8) is 0 Å². The van der Waals surface area contributed by atoms with Gasteiger partial charge in [-0.05, 0) is 30.3 Å². The lowest BCUT2D eigenvalue weighted by Crippen LogP contribution is -2.08. The molecule has 5 heteroatoms. The lowest BCUT2D eigenvalue weighted by Gasteiger charge is -2.04. The summed E-state index contributed by atoms with van der Waals surface area (Å²) in [5.74, 6) is 0.392. The average Bonchev–Trinajstić information content (AvgIpc) is 2.86. The highest BCUT2D eigenvalue weighted by Crippen LogP contribution is 2.22. The number of aromatic nitrogens is 1. The minimum atomic E-state index is -0.525. The van der Waals surface area contributed by atoms with Gasteiger partial charge in [0.1, 0.15) is 11.3 Å². The second kappa shape index (κ2) is 5.10. The Bertz CT molecular complexity index is 875. The summed E-state index contributed by atoms with van der Waals surface area (Å²) >= 11 is 0. The van der Waals surface area contributed by atoms with E-state index in [2.05, 4.69) is 4.98 Å². The molecule has 3 aromatic rings. The van der Waals surface area contributed by atoms with E-state index in [4.69, 9.17) is 14.4 Å². The number of hydrogen-bond donors (Lipinski definition) is 0. The van der Waals surface area contributed by atoms with Gasteiger partial charge in [-0.1, -0.05) is 6.07 Å². The van der Waals surface area contributed by atoms with Crippen molar-refractivity contribution in [2.45, 2.75) is 6.92 Å². The minimum absolute atomic E-state index is 0.322. The number of nitrogens with zero attached hydrogens (tertiary/aromatic N) is 2. The number of rotatable bonds is 2. The molecule has 5 nitrogen and oxygen atoms in total. The van der Waals surface area contributed by atoms with Crippen molar-refractivity contribution in [2.24, 2.45) is 0 Å². The third kappa shape index (κ3) is 2.60. The van der Waals surface area contributed by atoms with Crippen LogP contribution < -0.4 is 4.74 Å². The molecule has 21 heavy (non-hydrogen) atoms. The van der Waals surface area contributed by atoms with Crippen LogP contribution in [0.15, 0.2) is 46.9 Å². The van der Waals surface area contributed by atoms with Gasteiger partial charge in [-0.25, -0.2) is 9.78 Å². The number of carbonyl (C=O) groups excluding carboxylic acids is 1. The third-order valence-corrected chi connectivity index (χ3v) is 2.90. The van der Waals surface area contributed by atoms with Gasteiger partial charge in [0.2, 0.25) is 0 Å². The van der Waals surface area contributed by atoms with Crippen molar-refractivity contribution in [3.05, 3.63) is 59.5 Å². The Kier molecular flexibility index (Phi) is 3.13. The summed E-state index contributed by atoms with van der Waals surface area (Å²) in [6.07, 6.45) is 0. The number of esters is 1. The molecule has 0 bridgehead atoms. The van der Waals surface area contributed by atoms with E-state index in [-0.39, 0.29) is 0 Å². The van der Waals surface area contributed by atoms with Crippen LogP contribution in [-0.2, 0) is 0 Å². The molecule has 0 saturated carbocycles. The van der Waals surface area contributed by atoms with Crippen LogP contribution in [0.1, 0.15) is 21.8 Å². The molecule has 0 N–H and O–H groups in total. The number of benzene rings is 2. The lowest BCUT2D eigenvalue weighted by molar-refractivity contribution is 0.0735. The van der Waals surface area contributed by atoms with Gasteiger partial charge in [0.25, 0.3) is 0 Å². The highest BCUT2D eigenvalue weighted by atomic mass is 16.5. The van der Waals surface area contributed by atoms with Crippen LogP contribution in [0.3, 0.4) is 0 Å². The Morgan fingerprint density at radius 3 is 2.95 bits per heavy atom. The topological polar surface area (TPSA) is 76.1 Å². The first-order chi connectivity index (χ1) is 10.2. The summed E-state index contributed by atoms with van der Waals surface area (Å²) in [4.78, 5) is 16.2. The number of nitriles is 1. The largest absolute Gasteiger partial charge is 0.441 e. The molecule has 0 amide bonds. The molecule has 0 atom stereocenters. The molecule has 0 aliphatic rings. The summed E-state index contributed by atoms with van der Waals surface area (Å²) in [7, 11) is 0. The van der Waals surface area contributed by atoms with Crippen LogP contribution in [0, 0.1) is 18.3 Å². The second-order valence-corrected chi connectivity index (χ2v) is 4.44. The average molecular weight is 278 g/mol. The van der Waals surface area contributed by atoms with Crippen LogP contribution in [0.4, 0.5) is 0 Å². The predicted molar refractivity (Wildman–Crippen MR) is 74.9 cm³/mol. The maximum atomic E-state index is 12.0. The van der Waals surface area contributed by atoms with E-state index < -0.39 is 5.97 Å². The van der Waals surface area contributed by atoms with Crippen LogP contribution in [0.5, 0.6) is 5.75 Å². The molecule has 0 aliphatic heterocycles. The molecule has 3 rings (SSSR count). The highest BCUT2D eigenvalue weighted by molar-refractivity contribution is 5.91. The van der Waals surface area contributed by atoms with Crippen LogP contribution >= 0.6 is 0 Å². The first kappa shape index (κ1) is 12.9. The Morgan fingerprint density at radius 1 is 1.29 bits per heavy atom. The summed E-state index contributed by atoms with van der Waals surface area (Å²) in [6, 6.07) is 13.3. The van der Waals surface area contributed by atoms with E-state index in [1.807, 2.05) is 6.07 Å². The minimum Gasteiger partial charge on any atom is -0.441 e. The number of ether oxygens (including phenoxy) is 1. The Morgan fingerprint density at radius 2 is 2.14 bits per heavy atom. The molecular weight excluding hydrogens is 268 g/mol. The van der Waals surface area contributed by atoms with Gasteiger partial charge in [0.05, 0.1) is 17.2 Å². The van der Waals surface area contributed by atoms with Crippen molar-refractivity contribution >= 4 is 17.1 Å². The molecule has 102 valence electrons. The van der Waals surface area contributed by atoms with Gasteiger partial charge < -0.3 is 9.15 Å². The Balaban J connectivity index is 1.87. The zero-order valence-corrected chi connectivity index (χ0v) is 11.2. The van der Waals surface area contributed by atoms with Crippen molar-refractivity contribution in [3.8, 4) is 11.8 Å². The third-order valence-electron chi connectivity index (χ3n) is 2.90. The number of carbonyl (C=O) groups is 1. The summed E-state index contributed by atoms with van der Waals surface area (Å²) in [5.41, 5.74) is 2.00. The quantitative estimate of drug-likeness (QED) is 0.531. The fraction of sp³-hybridized carbons (Fsp3) is 0.0625. The van der Waals surface area contributed by atoms with E-state index in [1.165, 1.54) is 6.07 Å². The highest BCUT2D eigenvalue weighted by Gasteiger charge is 2.11. The van der Waals surface area contributed by atoms with Gasteiger partial charge in [-0.3, -0.25) is 0 Å². The van der Waals surface area contributed by atoms with E-state index in [1.54, 1.807) is 43.3 Å². The summed E-state index contributed by atoms with van der Waals surface area (Å²) < 4.78 is 10.7. The molecule has 0 unspecified atom stereocenters. The van der Waals surface area contributed by atoms with E-state index in [9.17, 15) is 4.79 Å². The van der Waals surface area contributed by atoms with Crippen molar-refractivity contribution in [2.75, 3.05) is 0 Å². The second-order valence-electron chi connectivity index (χ2n) is 4.44. The molecule has 0 aliphatic carbocycles. The number of hydrogen-bond acceptors (Lipinski definition) is 5. The maximum absolute atomic E-state index is 12.0. The van der Waals surface area contributed by atoms with Crippen molar-refractivity contribution < 1.29 is 13.9 Å². The predicted octanol–water partition coefficient (Wildman–Crippen LogP) is 3.23. The zero-order chi connectivity index (χ0) is 14.8. The van der Waals surface area contributed by atoms with E-state index in [0.717, 1.165) is 0 Å². The van der Waals surface area contributed by atoms with Gasteiger partial charge in [0.15, 0.2) is 11.5 Å². The van der Waals surface area contributed by atoms with Gasteiger partial charge >= 0.3 is 5.97 Å². The fourth-order valence-electron chi connectivity index (χ4n) is 1.97. The normalized spacial score (nSPS) is 10.3. The monoisotopic (exact) mass is 278 g/mol. The first-order valence-corrected chi connectivity index (χ1v) is 6.25. The standard InChI is InChI=1S/C16H10N2O3/c1-10-18-14-6-5-13(8-15(14)20-10)21-16(19)12-4-2-3-11(7-12)9-17/h2-8H,1H3.